The first-order valence-corrected chi connectivity index (χ1v) is 4.31. The van der Waals surface area contributed by atoms with Crippen LogP contribution in [0.3, 0.4) is 0 Å². The Morgan fingerprint density at radius 1 is 1.36 bits per heavy atom. The van der Waals surface area contributed by atoms with Crippen molar-refractivity contribution < 1.29 is 5.11 Å². The van der Waals surface area contributed by atoms with Crippen molar-refractivity contribution in [3.8, 4) is 0 Å². The SMILES string of the molecule is C=CC/C(C=C)=C(O)/C(C)=C\C.C=N. The number of aliphatic hydroxyl groups is 1. The van der Waals surface area contributed by atoms with Crippen molar-refractivity contribution in [3.63, 3.8) is 0 Å². The minimum absolute atomic E-state index is 0.312. The highest BCUT2D eigenvalue weighted by Crippen LogP contribution is 2.15. The van der Waals surface area contributed by atoms with Gasteiger partial charge in [0.25, 0.3) is 0 Å². The fraction of sp³-hybridized carbons (Fsp3) is 0.250. The molecule has 2 N–H and O–H groups in total. The summed E-state index contributed by atoms with van der Waals surface area (Å²) in [5.41, 5.74) is 1.69. The Morgan fingerprint density at radius 3 is 2.14 bits per heavy atom. The van der Waals surface area contributed by atoms with Gasteiger partial charge in [0.15, 0.2) is 0 Å². The van der Waals surface area contributed by atoms with Gasteiger partial charge in [-0.15, -0.1) is 6.58 Å². The summed E-state index contributed by atoms with van der Waals surface area (Å²) in [4.78, 5) is 0. The molecule has 0 aromatic heterocycles. The van der Waals surface area contributed by atoms with Crippen LogP contribution in [0.25, 0.3) is 0 Å². The molecule has 0 spiro atoms. The van der Waals surface area contributed by atoms with E-state index in [9.17, 15) is 5.11 Å². The Balaban J connectivity index is 0. The van der Waals surface area contributed by atoms with Crippen LogP contribution in [-0.4, -0.2) is 11.8 Å². The number of rotatable bonds is 4. The van der Waals surface area contributed by atoms with Crippen molar-refractivity contribution in [2.45, 2.75) is 20.3 Å². The van der Waals surface area contributed by atoms with Crippen LogP contribution in [0.5, 0.6) is 0 Å². The molecule has 0 bridgehead atoms. The van der Waals surface area contributed by atoms with Gasteiger partial charge in [0.1, 0.15) is 5.76 Å². The van der Waals surface area contributed by atoms with Crippen molar-refractivity contribution in [1.29, 1.82) is 5.41 Å². The van der Waals surface area contributed by atoms with Crippen molar-refractivity contribution in [2.24, 2.45) is 0 Å². The van der Waals surface area contributed by atoms with Crippen LogP contribution in [0.4, 0.5) is 0 Å². The summed E-state index contributed by atoms with van der Waals surface area (Å²) >= 11 is 0. The van der Waals surface area contributed by atoms with E-state index in [0.29, 0.717) is 12.2 Å². The van der Waals surface area contributed by atoms with Crippen LogP contribution < -0.4 is 0 Å². The fourth-order valence-corrected chi connectivity index (χ4v) is 0.822. The van der Waals surface area contributed by atoms with Gasteiger partial charge in [0, 0.05) is 0 Å². The molecule has 0 unspecified atom stereocenters. The number of allylic oxidation sites excluding steroid dienone is 5. The minimum Gasteiger partial charge on any atom is -0.507 e. The second kappa shape index (κ2) is 9.52. The van der Waals surface area contributed by atoms with Gasteiger partial charge in [-0.05, 0) is 38.1 Å². The van der Waals surface area contributed by atoms with E-state index in [1.807, 2.05) is 19.9 Å². The van der Waals surface area contributed by atoms with E-state index in [2.05, 4.69) is 19.9 Å². The predicted octanol–water partition coefficient (Wildman–Crippen LogP) is 3.79. The van der Waals surface area contributed by atoms with E-state index in [-0.39, 0.29) is 0 Å². The molecule has 0 rings (SSSR count). The molecule has 0 aliphatic rings. The van der Waals surface area contributed by atoms with Crippen LogP contribution >= 0.6 is 0 Å². The zero-order valence-electron chi connectivity index (χ0n) is 9.01. The van der Waals surface area contributed by atoms with Gasteiger partial charge in [-0.1, -0.05) is 24.8 Å². The van der Waals surface area contributed by atoms with Crippen LogP contribution in [0.15, 0.2) is 48.3 Å². The van der Waals surface area contributed by atoms with E-state index in [1.54, 1.807) is 12.2 Å². The summed E-state index contributed by atoms with van der Waals surface area (Å²) in [5.74, 6) is 0.312. The smallest absolute Gasteiger partial charge is 0.121 e. The predicted molar refractivity (Wildman–Crippen MR) is 63.9 cm³/mol. The normalized spacial score (nSPS) is 12.0. The summed E-state index contributed by atoms with van der Waals surface area (Å²) in [5, 5.41) is 15.1. The Morgan fingerprint density at radius 2 is 1.86 bits per heavy atom. The lowest BCUT2D eigenvalue weighted by Gasteiger charge is -2.04. The van der Waals surface area contributed by atoms with E-state index in [0.717, 1.165) is 11.1 Å². The Bertz CT molecular complexity index is 249. The first kappa shape index (κ1) is 14.9. The summed E-state index contributed by atoms with van der Waals surface area (Å²) in [6.07, 6.45) is 5.92. The van der Waals surface area contributed by atoms with Crippen molar-refractivity contribution in [3.05, 3.63) is 48.3 Å². The van der Waals surface area contributed by atoms with Gasteiger partial charge in [-0.2, -0.15) is 0 Å². The highest BCUT2D eigenvalue weighted by Gasteiger charge is 2.00. The van der Waals surface area contributed by atoms with Crippen molar-refractivity contribution in [2.75, 3.05) is 0 Å². The summed E-state index contributed by atoms with van der Waals surface area (Å²) in [6.45, 7) is 13.5. The lowest BCUT2D eigenvalue weighted by atomic mass is 10.1. The Hall–Kier alpha value is -1.57. The second-order valence-corrected chi connectivity index (χ2v) is 2.54. The molecule has 0 saturated heterocycles. The molecular formula is C12H19NO. The third kappa shape index (κ3) is 5.14. The fourth-order valence-electron chi connectivity index (χ4n) is 0.822. The largest absolute Gasteiger partial charge is 0.507 e. The van der Waals surface area contributed by atoms with Gasteiger partial charge in [0.05, 0.1) is 0 Å². The number of aliphatic hydroxyl groups excluding tert-OH is 1. The standard InChI is InChI=1S/C11H16O.CH3N/c1-5-8-10(7-3)11(12)9(4)6-2;1-2/h5-7,12H,1,3,8H2,2,4H3;2H,1H2/b9-6-,11-10-;. The van der Waals surface area contributed by atoms with Gasteiger partial charge in [-0.3, -0.25) is 0 Å². The number of hydrogen-bond donors (Lipinski definition) is 2. The summed E-state index contributed by atoms with van der Waals surface area (Å²) in [6, 6.07) is 0. The van der Waals surface area contributed by atoms with Gasteiger partial charge in [-0.25, -0.2) is 0 Å². The van der Waals surface area contributed by atoms with Gasteiger partial charge < -0.3 is 10.5 Å². The van der Waals surface area contributed by atoms with Crippen LogP contribution in [0.1, 0.15) is 20.3 Å². The molecule has 0 heterocycles. The lowest BCUT2D eigenvalue weighted by Crippen LogP contribution is -1.89. The minimum atomic E-state index is 0.312. The van der Waals surface area contributed by atoms with E-state index >= 15 is 0 Å². The molecule has 0 radical (unpaired) electrons. The first-order chi connectivity index (χ1) is 6.67. The molecule has 0 amide bonds. The average Bonchev–Trinajstić information content (AvgIpc) is 2.26. The Labute approximate surface area is 86.5 Å². The van der Waals surface area contributed by atoms with E-state index in [4.69, 9.17) is 5.41 Å². The molecule has 0 fully saturated rings. The van der Waals surface area contributed by atoms with E-state index in [1.165, 1.54) is 0 Å². The Kier molecular flexibility index (Phi) is 10.1. The molecule has 0 aromatic rings. The number of nitrogens with one attached hydrogen (secondary N) is 1. The molecule has 0 aliphatic carbocycles. The maximum atomic E-state index is 9.60. The molecule has 78 valence electrons. The quantitative estimate of drug-likeness (QED) is 0.303. The second-order valence-electron chi connectivity index (χ2n) is 2.54. The first-order valence-electron chi connectivity index (χ1n) is 4.31. The lowest BCUT2D eigenvalue weighted by molar-refractivity contribution is 0.417. The maximum absolute atomic E-state index is 9.60. The summed E-state index contributed by atoms with van der Waals surface area (Å²) < 4.78 is 0. The monoisotopic (exact) mass is 193 g/mol. The van der Waals surface area contributed by atoms with Gasteiger partial charge >= 0.3 is 0 Å². The molecule has 0 atom stereocenters. The zero-order chi connectivity index (χ0) is 11.6. The van der Waals surface area contributed by atoms with Crippen LogP contribution in [-0.2, 0) is 0 Å². The molecule has 2 nitrogen and oxygen atoms in total. The number of hydrogen-bond acceptors (Lipinski definition) is 2. The molecule has 0 aliphatic heterocycles. The highest BCUT2D eigenvalue weighted by molar-refractivity contribution is 5.34. The van der Waals surface area contributed by atoms with Crippen molar-refractivity contribution >= 4 is 6.72 Å². The third-order valence-corrected chi connectivity index (χ3v) is 1.72. The molecule has 14 heavy (non-hydrogen) atoms. The third-order valence-electron chi connectivity index (χ3n) is 1.72. The maximum Gasteiger partial charge on any atom is 0.121 e. The van der Waals surface area contributed by atoms with Crippen LogP contribution in [0.2, 0.25) is 0 Å². The molecule has 0 saturated carbocycles. The van der Waals surface area contributed by atoms with E-state index < -0.39 is 0 Å². The molecule has 2 heteroatoms. The summed E-state index contributed by atoms with van der Waals surface area (Å²) in [7, 11) is 0. The molecular weight excluding hydrogens is 174 g/mol. The van der Waals surface area contributed by atoms with Crippen molar-refractivity contribution in [1.82, 2.24) is 0 Å². The average molecular weight is 193 g/mol. The van der Waals surface area contributed by atoms with Gasteiger partial charge in [0.2, 0.25) is 0 Å². The topological polar surface area (TPSA) is 44.1 Å². The zero-order valence-corrected chi connectivity index (χ0v) is 9.01. The van der Waals surface area contributed by atoms with Crippen LogP contribution in [0, 0.1) is 5.41 Å². The molecule has 0 aromatic carbocycles. The highest BCUT2D eigenvalue weighted by atomic mass is 16.3.